The fourth-order valence-electron chi connectivity index (χ4n) is 1.47. The molecule has 0 saturated heterocycles. The summed E-state index contributed by atoms with van der Waals surface area (Å²) in [6.07, 6.45) is -0.447. The summed E-state index contributed by atoms with van der Waals surface area (Å²) in [7, 11) is 0. The number of esters is 1. The van der Waals surface area contributed by atoms with Crippen molar-refractivity contribution in [3.8, 4) is 0 Å². The van der Waals surface area contributed by atoms with Gasteiger partial charge in [0.15, 0.2) is 0 Å². The number of benzene rings is 1. The first-order chi connectivity index (χ1) is 8.63. The van der Waals surface area contributed by atoms with E-state index in [0.29, 0.717) is 25.3 Å². The normalized spacial score (nSPS) is 12.2. The number of aliphatic hydroxyl groups is 1. The van der Waals surface area contributed by atoms with Crippen LogP contribution in [0.1, 0.15) is 25.0 Å². The fourth-order valence-corrected chi connectivity index (χ4v) is 1.47. The third-order valence-electron chi connectivity index (χ3n) is 2.40. The van der Waals surface area contributed by atoms with E-state index in [1.807, 2.05) is 0 Å². The zero-order valence-electron chi connectivity index (χ0n) is 10.4. The van der Waals surface area contributed by atoms with Gasteiger partial charge in [-0.3, -0.25) is 4.79 Å². The maximum Gasteiger partial charge on any atom is 0.307 e. The number of ether oxygens (including phenoxy) is 1. The first-order valence-electron chi connectivity index (χ1n) is 5.93. The summed E-state index contributed by atoms with van der Waals surface area (Å²) in [4.78, 5) is 11.0. The summed E-state index contributed by atoms with van der Waals surface area (Å²) in [6, 6.07) is 5.67. The number of aliphatic hydroxyl groups excluding tert-OH is 1. The van der Waals surface area contributed by atoms with Crippen molar-refractivity contribution in [1.29, 1.82) is 0 Å². The Morgan fingerprint density at radius 2 is 2.11 bits per heavy atom. The van der Waals surface area contributed by atoms with Gasteiger partial charge in [0.2, 0.25) is 0 Å². The second-order valence-corrected chi connectivity index (χ2v) is 3.83. The maximum atomic E-state index is 12.7. The number of halogens is 1. The van der Waals surface area contributed by atoms with E-state index in [1.54, 1.807) is 6.92 Å². The Hall–Kier alpha value is -1.46. The molecule has 0 bridgehead atoms. The number of carbonyl (C=O) groups is 1. The Kier molecular flexibility index (Phi) is 6.32. The molecule has 18 heavy (non-hydrogen) atoms. The first-order valence-corrected chi connectivity index (χ1v) is 5.93. The number of nitrogens with one attached hydrogen (secondary N) is 1. The highest BCUT2D eigenvalue weighted by Gasteiger charge is 2.07. The van der Waals surface area contributed by atoms with Crippen molar-refractivity contribution < 1.29 is 19.0 Å². The minimum absolute atomic E-state index is 0.263. The molecular weight excluding hydrogens is 237 g/mol. The number of rotatable bonds is 7. The highest BCUT2D eigenvalue weighted by molar-refractivity contribution is 5.69. The van der Waals surface area contributed by atoms with Gasteiger partial charge < -0.3 is 15.2 Å². The van der Waals surface area contributed by atoms with E-state index in [1.165, 1.54) is 24.3 Å². The Morgan fingerprint density at radius 1 is 1.44 bits per heavy atom. The van der Waals surface area contributed by atoms with Crippen LogP contribution in [0, 0.1) is 5.82 Å². The third kappa shape index (κ3) is 5.25. The molecule has 0 aliphatic heterocycles. The molecule has 4 nitrogen and oxygen atoms in total. The Balaban J connectivity index is 2.23. The van der Waals surface area contributed by atoms with Crippen molar-refractivity contribution in [2.24, 2.45) is 0 Å². The lowest BCUT2D eigenvalue weighted by atomic mass is 10.1. The van der Waals surface area contributed by atoms with Crippen LogP contribution in [0.4, 0.5) is 4.39 Å². The Labute approximate surface area is 106 Å². The molecule has 2 N–H and O–H groups in total. The Morgan fingerprint density at radius 3 is 2.72 bits per heavy atom. The summed E-state index contributed by atoms with van der Waals surface area (Å²) in [5, 5.41) is 12.7. The molecule has 1 aromatic carbocycles. The van der Waals surface area contributed by atoms with Crippen LogP contribution in [-0.4, -0.2) is 30.8 Å². The third-order valence-corrected chi connectivity index (χ3v) is 2.40. The van der Waals surface area contributed by atoms with Crippen molar-refractivity contribution in [2.45, 2.75) is 19.4 Å². The lowest BCUT2D eigenvalue weighted by Gasteiger charge is -2.11. The molecule has 0 aliphatic rings. The summed E-state index contributed by atoms with van der Waals surface area (Å²) in [5.74, 6) is -0.595. The second kappa shape index (κ2) is 7.79. The molecule has 0 saturated carbocycles. The quantitative estimate of drug-likeness (QED) is 0.571. The van der Waals surface area contributed by atoms with Gasteiger partial charge in [-0.15, -0.1) is 0 Å². The van der Waals surface area contributed by atoms with Crippen LogP contribution in [-0.2, 0) is 9.53 Å². The van der Waals surface area contributed by atoms with Crippen molar-refractivity contribution >= 4 is 5.97 Å². The molecule has 0 spiro atoms. The summed E-state index contributed by atoms with van der Waals surface area (Å²) in [5.41, 5.74) is 0.639. The molecule has 1 unspecified atom stereocenters. The highest BCUT2D eigenvalue weighted by Crippen LogP contribution is 2.12. The molecule has 100 valence electrons. The predicted molar refractivity (Wildman–Crippen MR) is 65.5 cm³/mol. The zero-order chi connectivity index (χ0) is 13.4. The van der Waals surface area contributed by atoms with Gasteiger partial charge in [-0.1, -0.05) is 12.1 Å². The standard InChI is InChI=1S/C13H18FNO3/c1-2-18-13(17)7-8-15-9-12(16)10-3-5-11(14)6-4-10/h3-6,12,15-16H,2,7-9H2,1H3. The number of carbonyl (C=O) groups excluding carboxylic acids is 1. The van der Waals surface area contributed by atoms with E-state index in [-0.39, 0.29) is 18.2 Å². The molecule has 0 fully saturated rings. The zero-order valence-corrected chi connectivity index (χ0v) is 10.4. The second-order valence-electron chi connectivity index (χ2n) is 3.83. The SMILES string of the molecule is CCOC(=O)CCNCC(O)c1ccc(F)cc1. The lowest BCUT2D eigenvalue weighted by Crippen LogP contribution is -2.24. The molecule has 0 heterocycles. The highest BCUT2D eigenvalue weighted by atomic mass is 19.1. The lowest BCUT2D eigenvalue weighted by molar-refractivity contribution is -0.143. The van der Waals surface area contributed by atoms with Gasteiger partial charge in [0.05, 0.1) is 19.1 Å². The first kappa shape index (κ1) is 14.6. The van der Waals surface area contributed by atoms with Gasteiger partial charge in [-0.2, -0.15) is 0 Å². The van der Waals surface area contributed by atoms with Crippen molar-refractivity contribution in [3.05, 3.63) is 35.6 Å². The smallest absolute Gasteiger partial charge is 0.307 e. The number of hydrogen-bond donors (Lipinski definition) is 2. The predicted octanol–water partition coefficient (Wildman–Crippen LogP) is 1.40. The summed E-state index contributed by atoms with van der Waals surface area (Å²) < 4.78 is 17.4. The molecule has 1 rings (SSSR count). The van der Waals surface area contributed by atoms with Gasteiger partial charge in [-0.25, -0.2) is 4.39 Å². The van der Waals surface area contributed by atoms with Crippen LogP contribution in [0.25, 0.3) is 0 Å². The molecule has 5 heteroatoms. The maximum absolute atomic E-state index is 12.7. The van der Waals surface area contributed by atoms with Gasteiger partial charge >= 0.3 is 5.97 Å². The van der Waals surface area contributed by atoms with Crippen molar-refractivity contribution in [1.82, 2.24) is 5.32 Å². The minimum atomic E-state index is -0.715. The van der Waals surface area contributed by atoms with Gasteiger partial charge in [0, 0.05) is 13.1 Å². The average Bonchev–Trinajstić information content (AvgIpc) is 2.35. The minimum Gasteiger partial charge on any atom is -0.466 e. The van der Waals surface area contributed by atoms with Crippen LogP contribution < -0.4 is 5.32 Å². The van der Waals surface area contributed by atoms with Crippen LogP contribution >= 0.6 is 0 Å². The van der Waals surface area contributed by atoms with Gasteiger partial charge in [0.1, 0.15) is 5.82 Å². The molecular formula is C13H18FNO3. The van der Waals surface area contributed by atoms with E-state index in [0.717, 1.165) is 0 Å². The molecule has 1 aromatic rings. The molecule has 0 aromatic heterocycles. The summed E-state index contributed by atoms with van der Waals surface area (Å²) >= 11 is 0. The largest absolute Gasteiger partial charge is 0.466 e. The Bertz CT molecular complexity index is 367. The van der Waals surface area contributed by atoms with Gasteiger partial charge in [-0.05, 0) is 24.6 Å². The topological polar surface area (TPSA) is 58.6 Å². The van der Waals surface area contributed by atoms with Crippen LogP contribution in [0.15, 0.2) is 24.3 Å². The van der Waals surface area contributed by atoms with E-state index >= 15 is 0 Å². The summed E-state index contributed by atoms with van der Waals surface area (Å²) in [6.45, 7) is 2.88. The van der Waals surface area contributed by atoms with Crippen LogP contribution in [0.3, 0.4) is 0 Å². The van der Waals surface area contributed by atoms with E-state index in [4.69, 9.17) is 4.74 Å². The van der Waals surface area contributed by atoms with Crippen molar-refractivity contribution in [3.63, 3.8) is 0 Å². The molecule has 0 amide bonds. The van der Waals surface area contributed by atoms with E-state index in [9.17, 15) is 14.3 Å². The molecule has 0 radical (unpaired) electrons. The number of hydrogen-bond acceptors (Lipinski definition) is 4. The average molecular weight is 255 g/mol. The fraction of sp³-hybridized carbons (Fsp3) is 0.462. The van der Waals surface area contributed by atoms with Crippen LogP contribution in [0.5, 0.6) is 0 Å². The van der Waals surface area contributed by atoms with Gasteiger partial charge in [0.25, 0.3) is 0 Å². The van der Waals surface area contributed by atoms with Crippen LogP contribution in [0.2, 0.25) is 0 Å². The van der Waals surface area contributed by atoms with E-state index in [2.05, 4.69) is 5.32 Å². The molecule has 1 atom stereocenters. The van der Waals surface area contributed by atoms with Crippen molar-refractivity contribution in [2.75, 3.05) is 19.7 Å². The van der Waals surface area contributed by atoms with E-state index < -0.39 is 6.10 Å². The monoisotopic (exact) mass is 255 g/mol. The molecule has 0 aliphatic carbocycles.